The molecule has 2 N–H and O–H groups in total. The van der Waals surface area contributed by atoms with Crippen LogP contribution in [0.25, 0.3) is 0 Å². The topological polar surface area (TPSA) is 24.1 Å². The van der Waals surface area contributed by atoms with Crippen molar-refractivity contribution < 1.29 is 4.39 Å². The molecule has 0 bridgehead atoms. The van der Waals surface area contributed by atoms with Crippen LogP contribution in [0, 0.1) is 5.82 Å². The van der Waals surface area contributed by atoms with Gasteiger partial charge in [-0.15, -0.1) is 0 Å². The highest BCUT2D eigenvalue weighted by atomic mass is 19.1. The summed E-state index contributed by atoms with van der Waals surface area (Å²) in [6.07, 6.45) is 0. The number of benzene rings is 1. The molecule has 1 aromatic rings. The fraction of sp³-hybridized carbons (Fsp3) is 0.455. The summed E-state index contributed by atoms with van der Waals surface area (Å²) in [7, 11) is 1.92. The molecule has 0 aliphatic carbocycles. The predicted molar refractivity (Wildman–Crippen MR) is 54.8 cm³/mol. The largest absolute Gasteiger partial charge is 0.319 e. The Morgan fingerprint density at radius 3 is 3.21 bits per heavy atom. The van der Waals surface area contributed by atoms with Gasteiger partial charge < -0.3 is 10.6 Å². The minimum Gasteiger partial charge on any atom is -0.319 e. The van der Waals surface area contributed by atoms with Crippen LogP contribution >= 0.6 is 0 Å². The maximum Gasteiger partial charge on any atom is 0.127 e. The molecular weight excluding hydrogens is 179 g/mol. The van der Waals surface area contributed by atoms with Crippen LogP contribution in [0.2, 0.25) is 0 Å². The van der Waals surface area contributed by atoms with Crippen molar-refractivity contribution in [2.75, 3.05) is 20.1 Å². The Hall–Kier alpha value is -0.930. The first kappa shape index (κ1) is 9.62. The number of rotatable bonds is 2. The summed E-state index contributed by atoms with van der Waals surface area (Å²) in [6, 6.07) is 5.35. The highest BCUT2D eigenvalue weighted by Gasteiger charge is 2.20. The molecule has 1 unspecified atom stereocenters. The van der Waals surface area contributed by atoms with Gasteiger partial charge in [-0.2, -0.15) is 0 Å². The minimum absolute atomic E-state index is 0.0872. The van der Waals surface area contributed by atoms with E-state index in [2.05, 4.69) is 10.6 Å². The van der Waals surface area contributed by atoms with Crippen molar-refractivity contribution in [3.63, 3.8) is 0 Å². The third-order valence-electron chi connectivity index (χ3n) is 2.74. The SMILES string of the molecule is CNCC1CNCc2c(F)cccc21. The van der Waals surface area contributed by atoms with Gasteiger partial charge in [0.25, 0.3) is 0 Å². The van der Waals surface area contributed by atoms with Crippen molar-refractivity contribution in [2.45, 2.75) is 12.5 Å². The van der Waals surface area contributed by atoms with Crippen molar-refractivity contribution in [2.24, 2.45) is 0 Å². The van der Waals surface area contributed by atoms with Crippen molar-refractivity contribution in [3.8, 4) is 0 Å². The molecule has 1 heterocycles. The van der Waals surface area contributed by atoms with Crippen LogP contribution < -0.4 is 10.6 Å². The summed E-state index contributed by atoms with van der Waals surface area (Å²) >= 11 is 0. The molecule has 0 saturated heterocycles. The molecule has 1 aliphatic heterocycles. The number of hydrogen-bond acceptors (Lipinski definition) is 2. The lowest BCUT2D eigenvalue weighted by molar-refractivity contribution is 0.497. The zero-order valence-corrected chi connectivity index (χ0v) is 8.31. The van der Waals surface area contributed by atoms with Crippen LogP contribution in [0.1, 0.15) is 17.0 Å². The van der Waals surface area contributed by atoms with Crippen LogP contribution in [-0.4, -0.2) is 20.1 Å². The van der Waals surface area contributed by atoms with Crippen LogP contribution in [0.15, 0.2) is 18.2 Å². The Labute approximate surface area is 83.5 Å². The van der Waals surface area contributed by atoms with E-state index in [4.69, 9.17) is 0 Å². The number of likely N-dealkylation sites (N-methyl/N-ethyl adjacent to an activating group) is 1. The lowest BCUT2D eigenvalue weighted by Gasteiger charge is -2.26. The molecule has 76 valence electrons. The molecule has 1 atom stereocenters. The van der Waals surface area contributed by atoms with E-state index in [0.717, 1.165) is 24.2 Å². The van der Waals surface area contributed by atoms with Gasteiger partial charge in [-0.1, -0.05) is 12.1 Å². The molecule has 0 spiro atoms. The highest BCUT2D eigenvalue weighted by Crippen LogP contribution is 2.25. The average Bonchev–Trinajstić information content (AvgIpc) is 2.20. The maximum atomic E-state index is 13.4. The van der Waals surface area contributed by atoms with Crippen LogP contribution in [0.3, 0.4) is 0 Å². The first-order valence-corrected chi connectivity index (χ1v) is 4.95. The van der Waals surface area contributed by atoms with Crippen LogP contribution in [0.5, 0.6) is 0 Å². The van der Waals surface area contributed by atoms with Crippen molar-refractivity contribution in [1.82, 2.24) is 10.6 Å². The lowest BCUT2D eigenvalue weighted by atomic mass is 9.90. The van der Waals surface area contributed by atoms with Crippen molar-refractivity contribution in [3.05, 3.63) is 35.1 Å². The van der Waals surface area contributed by atoms with Crippen LogP contribution in [0.4, 0.5) is 4.39 Å². The third kappa shape index (κ3) is 1.65. The second-order valence-electron chi connectivity index (χ2n) is 3.69. The quantitative estimate of drug-likeness (QED) is 0.740. The summed E-state index contributed by atoms with van der Waals surface area (Å²) in [5.41, 5.74) is 1.98. The van der Waals surface area contributed by atoms with E-state index in [0.29, 0.717) is 12.5 Å². The molecule has 0 amide bonds. The minimum atomic E-state index is -0.0872. The fourth-order valence-corrected chi connectivity index (χ4v) is 2.05. The van der Waals surface area contributed by atoms with Gasteiger partial charge in [0.1, 0.15) is 5.82 Å². The fourth-order valence-electron chi connectivity index (χ4n) is 2.05. The Kier molecular flexibility index (Phi) is 2.79. The summed E-state index contributed by atoms with van der Waals surface area (Å²) < 4.78 is 13.4. The van der Waals surface area contributed by atoms with Gasteiger partial charge in [0.05, 0.1) is 0 Å². The highest BCUT2D eigenvalue weighted by molar-refractivity contribution is 5.34. The number of nitrogens with one attached hydrogen (secondary N) is 2. The zero-order chi connectivity index (χ0) is 9.97. The Morgan fingerprint density at radius 1 is 1.57 bits per heavy atom. The second kappa shape index (κ2) is 4.07. The number of hydrogen-bond donors (Lipinski definition) is 2. The van der Waals surface area contributed by atoms with Gasteiger partial charge in [0, 0.05) is 31.1 Å². The average molecular weight is 194 g/mol. The monoisotopic (exact) mass is 194 g/mol. The number of halogens is 1. The normalized spacial score (nSPS) is 20.6. The third-order valence-corrected chi connectivity index (χ3v) is 2.74. The first-order valence-electron chi connectivity index (χ1n) is 4.95. The Morgan fingerprint density at radius 2 is 2.43 bits per heavy atom. The molecule has 0 saturated carbocycles. The van der Waals surface area contributed by atoms with E-state index >= 15 is 0 Å². The number of fused-ring (bicyclic) bond motifs is 1. The van der Waals surface area contributed by atoms with E-state index in [1.165, 1.54) is 6.07 Å². The summed E-state index contributed by atoms with van der Waals surface area (Å²) in [4.78, 5) is 0. The Bertz CT molecular complexity index is 325. The van der Waals surface area contributed by atoms with E-state index in [9.17, 15) is 4.39 Å². The standard InChI is InChI=1S/C11H15FN2/c1-13-5-8-6-14-7-10-9(8)3-2-4-11(10)12/h2-4,8,13-14H,5-7H2,1H3. The zero-order valence-electron chi connectivity index (χ0n) is 8.31. The van der Waals surface area contributed by atoms with E-state index in [1.807, 2.05) is 13.1 Å². The molecule has 3 heteroatoms. The molecule has 0 fully saturated rings. The van der Waals surface area contributed by atoms with Gasteiger partial charge in [0.2, 0.25) is 0 Å². The molecule has 2 nitrogen and oxygen atoms in total. The van der Waals surface area contributed by atoms with Gasteiger partial charge in [-0.05, 0) is 18.7 Å². The van der Waals surface area contributed by atoms with Crippen molar-refractivity contribution in [1.29, 1.82) is 0 Å². The molecular formula is C11H15FN2. The second-order valence-corrected chi connectivity index (χ2v) is 3.69. The van der Waals surface area contributed by atoms with Gasteiger partial charge in [-0.25, -0.2) is 4.39 Å². The molecule has 14 heavy (non-hydrogen) atoms. The summed E-state index contributed by atoms with van der Waals surface area (Å²) in [5.74, 6) is 0.301. The van der Waals surface area contributed by atoms with Crippen molar-refractivity contribution >= 4 is 0 Å². The predicted octanol–water partition coefficient (Wildman–Crippen LogP) is 1.23. The molecule has 2 rings (SSSR count). The van der Waals surface area contributed by atoms with E-state index in [1.54, 1.807) is 6.07 Å². The van der Waals surface area contributed by atoms with Gasteiger partial charge in [-0.3, -0.25) is 0 Å². The van der Waals surface area contributed by atoms with Gasteiger partial charge >= 0.3 is 0 Å². The summed E-state index contributed by atoms with van der Waals surface area (Å²) in [5, 5.41) is 6.37. The molecule has 1 aliphatic rings. The Balaban J connectivity index is 2.34. The van der Waals surface area contributed by atoms with E-state index in [-0.39, 0.29) is 5.82 Å². The maximum absolute atomic E-state index is 13.4. The smallest absolute Gasteiger partial charge is 0.127 e. The summed E-state index contributed by atoms with van der Waals surface area (Å²) in [6.45, 7) is 2.48. The lowest BCUT2D eigenvalue weighted by Crippen LogP contribution is -2.33. The van der Waals surface area contributed by atoms with E-state index < -0.39 is 0 Å². The first-order chi connectivity index (χ1) is 6.83. The van der Waals surface area contributed by atoms with Gasteiger partial charge in [0.15, 0.2) is 0 Å². The molecule has 0 radical (unpaired) electrons. The molecule has 0 aromatic heterocycles. The molecule has 1 aromatic carbocycles. The van der Waals surface area contributed by atoms with Crippen LogP contribution in [-0.2, 0) is 6.54 Å².